The minimum atomic E-state index is 0.179. The van der Waals surface area contributed by atoms with Crippen molar-refractivity contribution in [3.05, 3.63) is 28.8 Å². The minimum Gasteiger partial charge on any atom is -0.381 e. The maximum Gasteiger partial charge on any atom is 0.225 e. The van der Waals surface area contributed by atoms with Crippen LogP contribution in [-0.2, 0) is 9.53 Å². The molecule has 3 rings (SSSR count). The first kappa shape index (κ1) is 16.3. The summed E-state index contributed by atoms with van der Waals surface area (Å²) in [5.41, 5.74) is 5.35. The van der Waals surface area contributed by atoms with E-state index >= 15 is 0 Å². The van der Waals surface area contributed by atoms with Gasteiger partial charge in [0, 0.05) is 51.0 Å². The van der Waals surface area contributed by atoms with Crippen LogP contribution in [0.25, 0.3) is 0 Å². The summed E-state index contributed by atoms with van der Waals surface area (Å²) in [6.07, 6.45) is 1.77. The number of benzene rings is 1. The zero-order chi connectivity index (χ0) is 16.4. The molecule has 0 aromatic heterocycles. The summed E-state index contributed by atoms with van der Waals surface area (Å²) in [6.45, 7) is 11.5. The molecule has 4 heteroatoms. The standard InChI is InChI=1S/C19H28N2O2/c1-14-12-15(2)18(16(3)13-14)20-6-8-21(9-7-20)19(22)17-4-10-23-11-5-17/h12-13,17H,4-11H2,1-3H3. The smallest absolute Gasteiger partial charge is 0.225 e. The van der Waals surface area contributed by atoms with Crippen LogP contribution in [0.3, 0.4) is 0 Å². The summed E-state index contributed by atoms with van der Waals surface area (Å²) in [5.74, 6) is 0.517. The van der Waals surface area contributed by atoms with E-state index in [0.717, 1.165) is 52.2 Å². The van der Waals surface area contributed by atoms with Crippen molar-refractivity contribution in [2.75, 3.05) is 44.3 Å². The summed E-state index contributed by atoms with van der Waals surface area (Å²) in [7, 11) is 0. The number of hydrogen-bond acceptors (Lipinski definition) is 3. The lowest BCUT2D eigenvalue weighted by atomic mass is 9.98. The Labute approximate surface area is 139 Å². The number of carbonyl (C=O) groups is 1. The predicted octanol–water partition coefficient (Wildman–Crippen LogP) is 2.69. The van der Waals surface area contributed by atoms with Gasteiger partial charge < -0.3 is 14.5 Å². The van der Waals surface area contributed by atoms with Crippen LogP contribution in [0.2, 0.25) is 0 Å². The molecule has 23 heavy (non-hydrogen) atoms. The molecule has 0 N–H and O–H groups in total. The number of rotatable bonds is 2. The Bertz CT molecular complexity index is 548. The van der Waals surface area contributed by atoms with Crippen LogP contribution >= 0.6 is 0 Å². The number of hydrogen-bond donors (Lipinski definition) is 0. The molecule has 0 aliphatic carbocycles. The molecule has 1 aromatic carbocycles. The van der Waals surface area contributed by atoms with Crippen molar-refractivity contribution in [2.24, 2.45) is 5.92 Å². The van der Waals surface area contributed by atoms with Crippen LogP contribution < -0.4 is 4.90 Å². The van der Waals surface area contributed by atoms with Crippen molar-refractivity contribution in [1.82, 2.24) is 4.90 Å². The molecule has 2 aliphatic heterocycles. The highest BCUT2D eigenvalue weighted by atomic mass is 16.5. The second kappa shape index (κ2) is 6.91. The Morgan fingerprint density at radius 3 is 2.13 bits per heavy atom. The Hall–Kier alpha value is -1.55. The SMILES string of the molecule is Cc1cc(C)c(N2CCN(C(=O)C3CCOCC3)CC2)c(C)c1. The van der Waals surface area contributed by atoms with E-state index < -0.39 is 0 Å². The minimum absolute atomic E-state index is 0.179. The van der Waals surface area contributed by atoms with Crippen molar-refractivity contribution >= 4 is 11.6 Å². The third-order valence-corrected chi connectivity index (χ3v) is 5.11. The van der Waals surface area contributed by atoms with Gasteiger partial charge in [-0.3, -0.25) is 4.79 Å². The summed E-state index contributed by atoms with van der Waals surface area (Å²) in [4.78, 5) is 17.1. The second-order valence-corrected chi connectivity index (χ2v) is 6.95. The lowest BCUT2D eigenvalue weighted by molar-refractivity contribution is -0.138. The average molecular weight is 316 g/mol. The number of amides is 1. The summed E-state index contributed by atoms with van der Waals surface area (Å²) in [6, 6.07) is 4.50. The van der Waals surface area contributed by atoms with E-state index in [4.69, 9.17) is 4.74 Å². The molecule has 0 atom stereocenters. The molecule has 0 radical (unpaired) electrons. The van der Waals surface area contributed by atoms with E-state index in [1.165, 1.54) is 22.4 Å². The third-order valence-electron chi connectivity index (χ3n) is 5.11. The van der Waals surface area contributed by atoms with E-state index in [2.05, 4.69) is 42.7 Å². The molecule has 2 fully saturated rings. The first-order valence-corrected chi connectivity index (χ1v) is 8.75. The molecule has 2 heterocycles. The third kappa shape index (κ3) is 3.52. The highest BCUT2D eigenvalue weighted by molar-refractivity contribution is 5.79. The van der Waals surface area contributed by atoms with Gasteiger partial charge in [0.1, 0.15) is 0 Å². The zero-order valence-electron chi connectivity index (χ0n) is 14.6. The lowest BCUT2D eigenvalue weighted by Crippen LogP contribution is -2.51. The Kier molecular flexibility index (Phi) is 4.90. The molecule has 0 bridgehead atoms. The molecule has 0 spiro atoms. The fraction of sp³-hybridized carbons (Fsp3) is 0.632. The normalized spacial score (nSPS) is 20.0. The van der Waals surface area contributed by atoms with E-state index in [9.17, 15) is 4.79 Å². The van der Waals surface area contributed by atoms with E-state index in [1.807, 2.05) is 0 Å². The Balaban J connectivity index is 1.63. The van der Waals surface area contributed by atoms with Gasteiger partial charge in [-0.2, -0.15) is 0 Å². The maximum absolute atomic E-state index is 12.6. The van der Waals surface area contributed by atoms with Crippen LogP contribution in [0.15, 0.2) is 12.1 Å². The highest BCUT2D eigenvalue weighted by Crippen LogP contribution is 2.28. The fourth-order valence-corrected chi connectivity index (χ4v) is 4.02. The first-order chi connectivity index (χ1) is 11.1. The fourth-order valence-electron chi connectivity index (χ4n) is 4.02. The van der Waals surface area contributed by atoms with Gasteiger partial charge in [0.05, 0.1) is 0 Å². The average Bonchev–Trinajstić information content (AvgIpc) is 2.55. The molecular formula is C19H28N2O2. The summed E-state index contributed by atoms with van der Waals surface area (Å²) in [5, 5.41) is 0. The molecule has 126 valence electrons. The first-order valence-electron chi connectivity index (χ1n) is 8.75. The van der Waals surface area contributed by atoms with E-state index in [0.29, 0.717) is 5.91 Å². The van der Waals surface area contributed by atoms with Crippen molar-refractivity contribution in [1.29, 1.82) is 0 Å². The van der Waals surface area contributed by atoms with Crippen LogP contribution in [-0.4, -0.2) is 50.2 Å². The van der Waals surface area contributed by atoms with Gasteiger partial charge >= 0.3 is 0 Å². The van der Waals surface area contributed by atoms with Crippen molar-refractivity contribution in [2.45, 2.75) is 33.6 Å². The Morgan fingerprint density at radius 2 is 1.57 bits per heavy atom. The van der Waals surface area contributed by atoms with E-state index in [1.54, 1.807) is 0 Å². The lowest BCUT2D eigenvalue weighted by Gasteiger charge is -2.39. The summed E-state index contributed by atoms with van der Waals surface area (Å²) < 4.78 is 5.37. The van der Waals surface area contributed by atoms with Gasteiger partial charge in [0.2, 0.25) is 5.91 Å². The highest BCUT2D eigenvalue weighted by Gasteiger charge is 2.29. The monoisotopic (exact) mass is 316 g/mol. The van der Waals surface area contributed by atoms with Crippen LogP contribution in [0.4, 0.5) is 5.69 Å². The van der Waals surface area contributed by atoms with Crippen LogP contribution in [0, 0.1) is 26.7 Å². The molecule has 1 amide bonds. The molecule has 0 saturated carbocycles. The Morgan fingerprint density at radius 1 is 1.00 bits per heavy atom. The van der Waals surface area contributed by atoms with Gasteiger partial charge in [0.25, 0.3) is 0 Å². The number of aryl methyl sites for hydroxylation is 3. The molecule has 4 nitrogen and oxygen atoms in total. The van der Waals surface area contributed by atoms with Crippen LogP contribution in [0.5, 0.6) is 0 Å². The number of anilines is 1. The topological polar surface area (TPSA) is 32.8 Å². The van der Waals surface area contributed by atoms with Gasteiger partial charge in [-0.05, 0) is 44.7 Å². The summed E-state index contributed by atoms with van der Waals surface area (Å²) >= 11 is 0. The molecule has 1 aromatic rings. The van der Waals surface area contributed by atoms with Crippen molar-refractivity contribution < 1.29 is 9.53 Å². The number of piperazine rings is 1. The van der Waals surface area contributed by atoms with Gasteiger partial charge in [0.15, 0.2) is 0 Å². The van der Waals surface area contributed by atoms with Gasteiger partial charge in [-0.15, -0.1) is 0 Å². The maximum atomic E-state index is 12.6. The number of nitrogens with zero attached hydrogens (tertiary/aromatic N) is 2. The van der Waals surface area contributed by atoms with Crippen molar-refractivity contribution in [3.63, 3.8) is 0 Å². The zero-order valence-corrected chi connectivity index (χ0v) is 14.6. The molecule has 0 unspecified atom stereocenters. The number of carbonyl (C=O) groups excluding carboxylic acids is 1. The largest absolute Gasteiger partial charge is 0.381 e. The molecular weight excluding hydrogens is 288 g/mol. The number of ether oxygens (including phenoxy) is 1. The second-order valence-electron chi connectivity index (χ2n) is 6.95. The van der Waals surface area contributed by atoms with Crippen molar-refractivity contribution in [3.8, 4) is 0 Å². The van der Waals surface area contributed by atoms with E-state index in [-0.39, 0.29) is 5.92 Å². The van der Waals surface area contributed by atoms with Crippen LogP contribution in [0.1, 0.15) is 29.5 Å². The predicted molar refractivity (Wildman–Crippen MR) is 93.0 cm³/mol. The van der Waals surface area contributed by atoms with Gasteiger partial charge in [-0.1, -0.05) is 17.7 Å². The molecule has 2 saturated heterocycles. The van der Waals surface area contributed by atoms with Gasteiger partial charge in [-0.25, -0.2) is 0 Å². The molecule has 2 aliphatic rings. The quantitative estimate of drug-likeness (QED) is 0.841.